The normalized spacial score (nSPS) is 22.0. The lowest BCUT2D eigenvalue weighted by Gasteiger charge is -2.43. The van der Waals surface area contributed by atoms with E-state index in [2.05, 4.69) is 40.4 Å². The van der Waals surface area contributed by atoms with Crippen LogP contribution in [0.2, 0.25) is 0 Å². The number of aryl methyl sites for hydroxylation is 1. The lowest BCUT2D eigenvalue weighted by atomic mass is 9.85. The summed E-state index contributed by atoms with van der Waals surface area (Å²) in [6.07, 6.45) is 6.41. The summed E-state index contributed by atoms with van der Waals surface area (Å²) < 4.78 is 2.00. The summed E-state index contributed by atoms with van der Waals surface area (Å²) in [5.41, 5.74) is 3.46. The predicted octanol–water partition coefficient (Wildman–Crippen LogP) is 2.60. The fourth-order valence-corrected chi connectivity index (χ4v) is 3.93. The van der Waals surface area contributed by atoms with Gasteiger partial charge in [0.1, 0.15) is 0 Å². The van der Waals surface area contributed by atoms with E-state index in [0.29, 0.717) is 12.1 Å². The van der Waals surface area contributed by atoms with Crippen molar-refractivity contribution in [2.75, 3.05) is 13.1 Å². The molecule has 0 bridgehead atoms. The Morgan fingerprint density at radius 1 is 1.30 bits per heavy atom. The molecule has 2 aliphatic rings. The van der Waals surface area contributed by atoms with E-state index >= 15 is 0 Å². The number of carbonyl (C=O) groups is 1. The summed E-state index contributed by atoms with van der Waals surface area (Å²) in [4.78, 5) is 13.3. The van der Waals surface area contributed by atoms with Crippen LogP contribution in [0.25, 0.3) is 5.69 Å². The van der Waals surface area contributed by atoms with Gasteiger partial charge >= 0.3 is 5.97 Å². The fraction of sp³-hybridized carbons (Fsp3) is 0.524. The Bertz CT molecular complexity index is 793. The molecule has 1 heterocycles. The maximum absolute atomic E-state index is 11.2. The lowest BCUT2D eigenvalue weighted by Crippen LogP contribution is -2.54. The Balaban J connectivity index is 1.30. The number of rotatable bonds is 9. The third kappa shape index (κ3) is 4.39. The highest BCUT2D eigenvalue weighted by Gasteiger charge is 2.36. The molecule has 2 aliphatic carbocycles. The maximum Gasteiger partial charge on any atom is 0.317 e. The van der Waals surface area contributed by atoms with Crippen LogP contribution in [0.4, 0.5) is 0 Å². The number of para-hydroxylation sites is 1. The smallest absolute Gasteiger partial charge is 0.317 e. The number of nitrogens with zero attached hydrogens (tertiary/aromatic N) is 3. The third-order valence-electron chi connectivity index (χ3n) is 5.79. The molecule has 2 N–H and O–H groups in total. The number of hydrogen-bond acceptors (Lipinski definition) is 4. The predicted molar refractivity (Wildman–Crippen MR) is 104 cm³/mol. The first-order valence-corrected chi connectivity index (χ1v) is 9.88. The Morgan fingerprint density at radius 3 is 2.78 bits per heavy atom. The van der Waals surface area contributed by atoms with Crippen LogP contribution in [0.3, 0.4) is 0 Å². The van der Waals surface area contributed by atoms with Gasteiger partial charge in [-0.1, -0.05) is 18.2 Å². The van der Waals surface area contributed by atoms with Gasteiger partial charge in [-0.25, -0.2) is 4.68 Å². The molecule has 2 aromatic rings. The number of aliphatic carboxylic acids is 1. The number of benzene rings is 1. The second-order valence-corrected chi connectivity index (χ2v) is 7.99. The topological polar surface area (TPSA) is 70.4 Å². The molecule has 6 nitrogen and oxygen atoms in total. The van der Waals surface area contributed by atoms with E-state index in [-0.39, 0.29) is 6.54 Å². The second-order valence-electron chi connectivity index (χ2n) is 7.99. The molecule has 144 valence electrons. The van der Waals surface area contributed by atoms with Crippen molar-refractivity contribution in [3.05, 3.63) is 47.8 Å². The quantitative estimate of drug-likeness (QED) is 0.712. The highest BCUT2D eigenvalue weighted by Crippen LogP contribution is 2.33. The van der Waals surface area contributed by atoms with Crippen LogP contribution in [0.5, 0.6) is 0 Å². The zero-order valence-corrected chi connectivity index (χ0v) is 15.8. The van der Waals surface area contributed by atoms with Crippen LogP contribution in [-0.4, -0.2) is 50.9 Å². The molecular weight excluding hydrogens is 340 g/mol. The molecule has 0 unspecified atom stereocenters. The van der Waals surface area contributed by atoms with Crippen molar-refractivity contribution in [3.63, 3.8) is 0 Å². The number of nitrogens with one attached hydrogen (secondary N) is 1. The molecule has 6 heteroatoms. The Kier molecular flexibility index (Phi) is 5.27. The fourth-order valence-electron chi connectivity index (χ4n) is 3.93. The van der Waals surface area contributed by atoms with Gasteiger partial charge in [-0.15, -0.1) is 0 Å². The summed E-state index contributed by atoms with van der Waals surface area (Å²) in [5, 5.41) is 17.3. The van der Waals surface area contributed by atoms with E-state index in [1.165, 1.54) is 18.4 Å². The molecule has 0 amide bonds. The van der Waals surface area contributed by atoms with Crippen molar-refractivity contribution in [1.29, 1.82) is 0 Å². The Morgan fingerprint density at radius 2 is 2.07 bits per heavy atom. The summed E-state index contributed by atoms with van der Waals surface area (Å²) in [6, 6.07) is 11.2. The van der Waals surface area contributed by atoms with E-state index in [4.69, 9.17) is 0 Å². The molecule has 2 fully saturated rings. The van der Waals surface area contributed by atoms with E-state index in [0.717, 1.165) is 43.2 Å². The minimum atomic E-state index is -0.714. The first-order valence-electron chi connectivity index (χ1n) is 9.88. The third-order valence-corrected chi connectivity index (χ3v) is 5.79. The molecule has 2 saturated carbocycles. The Hall–Kier alpha value is -2.18. The average molecular weight is 368 g/mol. The van der Waals surface area contributed by atoms with Crippen LogP contribution in [0, 0.1) is 12.8 Å². The van der Waals surface area contributed by atoms with Gasteiger partial charge < -0.3 is 10.4 Å². The van der Waals surface area contributed by atoms with Gasteiger partial charge in [0.2, 0.25) is 0 Å². The second kappa shape index (κ2) is 7.82. The van der Waals surface area contributed by atoms with E-state index in [1.807, 2.05) is 23.0 Å². The zero-order valence-electron chi connectivity index (χ0n) is 15.8. The largest absolute Gasteiger partial charge is 0.480 e. The SMILES string of the molecule is Cc1ccccc1-n1nccc1CNC1CC(N(CC(=O)O)CC2CC2)C1. The number of carboxylic acid groups (broad SMARTS) is 1. The molecule has 0 spiro atoms. The van der Waals surface area contributed by atoms with Crippen molar-refractivity contribution in [2.45, 2.75) is 51.2 Å². The minimum Gasteiger partial charge on any atom is -0.480 e. The van der Waals surface area contributed by atoms with Crippen molar-refractivity contribution in [1.82, 2.24) is 20.0 Å². The zero-order chi connectivity index (χ0) is 18.8. The molecule has 4 rings (SSSR count). The highest BCUT2D eigenvalue weighted by atomic mass is 16.4. The first kappa shape index (κ1) is 18.2. The van der Waals surface area contributed by atoms with E-state index < -0.39 is 5.97 Å². The molecule has 0 atom stereocenters. The standard InChI is InChI=1S/C21H28N4O2/c1-15-4-2-3-5-20(15)25-18(8-9-23-25)12-22-17-10-19(11-17)24(14-21(26)27)13-16-6-7-16/h2-5,8-9,16-17,19,22H,6-7,10-14H2,1H3,(H,26,27). The summed E-state index contributed by atoms with van der Waals surface area (Å²) in [7, 11) is 0. The highest BCUT2D eigenvalue weighted by molar-refractivity contribution is 5.69. The van der Waals surface area contributed by atoms with Crippen LogP contribution in [0.1, 0.15) is 36.9 Å². The number of carboxylic acids is 1. The van der Waals surface area contributed by atoms with Crippen molar-refractivity contribution < 1.29 is 9.90 Å². The van der Waals surface area contributed by atoms with Crippen molar-refractivity contribution >= 4 is 5.97 Å². The van der Waals surface area contributed by atoms with Crippen molar-refractivity contribution in [2.24, 2.45) is 5.92 Å². The van der Waals surface area contributed by atoms with Gasteiger partial charge in [-0.3, -0.25) is 9.69 Å². The first-order chi connectivity index (χ1) is 13.1. The van der Waals surface area contributed by atoms with Crippen LogP contribution in [0.15, 0.2) is 36.5 Å². The number of hydrogen-bond donors (Lipinski definition) is 2. The summed E-state index contributed by atoms with van der Waals surface area (Å²) >= 11 is 0. The van der Waals surface area contributed by atoms with Gasteiger partial charge in [-0.05, 0) is 56.2 Å². The molecule has 0 radical (unpaired) electrons. The Labute approximate surface area is 160 Å². The summed E-state index contributed by atoms with van der Waals surface area (Å²) in [5.74, 6) is 0.00835. The summed E-state index contributed by atoms with van der Waals surface area (Å²) in [6.45, 7) is 3.99. The molecule has 0 saturated heterocycles. The van der Waals surface area contributed by atoms with Crippen LogP contribution >= 0.6 is 0 Å². The van der Waals surface area contributed by atoms with Gasteiger partial charge in [-0.2, -0.15) is 5.10 Å². The minimum absolute atomic E-state index is 0.175. The lowest BCUT2D eigenvalue weighted by molar-refractivity contribution is -0.139. The maximum atomic E-state index is 11.2. The van der Waals surface area contributed by atoms with Crippen LogP contribution in [-0.2, 0) is 11.3 Å². The van der Waals surface area contributed by atoms with E-state index in [1.54, 1.807) is 0 Å². The molecule has 0 aliphatic heterocycles. The molecule has 1 aromatic heterocycles. The van der Waals surface area contributed by atoms with Gasteiger partial charge in [0.05, 0.1) is 17.9 Å². The monoisotopic (exact) mass is 368 g/mol. The average Bonchev–Trinajstić information content (AvgIpc) is 3.28. The van der Waals surface area contributed by atoms with Crippen molar-refractivity contribution in [3.8, 4) is 5.69 Å². The van der Waals surface area contributed by atoms with Gasteiger partial charge in [0.25, 0.3) is 0 Å². The molecule has 27 heavy (non-hydrogen) atoms. The molecular formula is C21H28N4O2. The number of aromatic nitrogens is 2. The van der Waals surface area contributed by atoms with Crippen LogP contribution < -0.4 is 5.32 Å². The molecule has 1 aromatic carbocycles. The van der Waals surface area contributed by atoms with E-state index in [9.17, 15) is 9.90 Å². The van der Waals surface area contributed by atoms with Gasteiger partial charge in [0.15, 0.2) is 0 Å². The van der Waals surface area contributed by atoms with Gasteiger partial charge in [0, 0.05) is 31.4 Å².